The van der Waals surface area contributed by atoms with Crippen LogP contribution in [0.1, 0.15) is 39.5 Å². The van der Waals surface area contributed by atoms with Gasteiger partial charge in [0.05, 0.1) is 6.04 Å². The lowest BCUT2D eigenvalue weighted by Gasteiger charge is -2.31. The summed E-state index contributed by atoms with van der Waals surface area (Å²) >= 11 is 0. The Morgan fingerprint density at radius 1 is 1.33 bits per heavy atom. The maximum atomic E-state index is 12.5. The molecule has 0 spiro atoms. The summed E-state index contributed by atoms with van der Waals surface area (Å²) in [5.41, 5.74) is 0. The number of nitrogens with one attached hydrogen (secondary N) is 1. The maximum Gasteiger partial charge on any atom is 0.406 e. The third-order valence-electron chi connectivity index (χ3n) is 3.11. The molecule has 0 aromatic rings. The van der Waals surface area contributed by atoms with Crippen LogP contribution in [0.5, 0.6) is 0 Å². The fraction of sp³-hybridized carbons (Fsp3) is 0.917. The normalized spacial score (nSPS) is 21.8. The molecule has 3 nitrogen and oxygen atoms in total. The molecular formula is C12H21F3N2O. The molecule has 0 aromatic heterocycles. The zero-order valence-corrected chi connectivity index (χ0v) is 10.9. The Morgan fingerprint density at radius 3 is 2.56 bits per heavy atom. The average Bonchev–Trinajstić information content (AvgIpc) is 2.51. The van der Waals surface area contributed by atoms with Gasteiger partial charge in [0.25, 0.3) is 0 Å². The Kier molecular flexibility index (Phi) is 5.44. The third-order valence-corrected chi connectivity index (χ3v) is 3.11. The van der Waals surface area contributed by atoms with Gasteiger partial charge in [-0.1, -0.05) is 12.8 Å². The lowest BCUT2D eigenvalue weighted by Crippen LogP contribution is -2.51. The molecule has 0 radical (unpaired) electrons. The molecule has 1 rings (SSSR count). The number of hydrogen-bond acceptors (Lipinski definition) is 2. The molecule has 0 aliphatic carbocycles. The van der Waals surface area contributed by atoms with Gasteiger partial charge in [0.2, 0.25) is 5.91 Å². The van der Waals surface area contributed by atoms with Crippen LogP contribution in [0.25, 0.3) is 0 Å². The molecule has 0 bridgehead atoms. The van der Waals surface area contributed by atoms with Gasteiger partial charge in [-0.3, -0.25) is 4.79 Å². The highest BCUT2D eigenvalue weighted by molar-refractivity contribution is 5.82. The highest BCUT2D eigenvalue weighted by atomic mass is 19.4. The van der Waals surface area contributed by atoms with E-state index in [9.17, 15) is 18.0 Å². The first-order valence-corrected chi connectivity index (χ1v) is 6.42. The second-order valence-electron chi connectivity index (χ2n) is 5.03. The van der Waals surface area contributed by atoms with E-state index in [1.807, 2.05) is 0 Å². The van der Waals surface area contributed by atoms with Crippen molar-refractivity contribution in [2.45, 2.75) is 57.8 Å². The summed E-state index contributed by atoms with van der Waals surface area (Å²) in [6, 6.07) is -0.901. The smallest absolute Gasteiger partial charge is 0.330 e. The van der Waals surface area contributed by atoms with E-state index < -0.39 is 30.7 Å². The molecule has 0 saturated carbocycles. The SMILES string of the molecule is CC(C)N(CC(F)(F)F)C(=O)C1CCCCCN1. The Morgan fingerprint density at radius 2 is 2.00 bits per heavy atom. The fourth-order valence-corrected chi connectivity index (χ4v) is 2.15. The molecule has 1 unspecified atom stereocenters. The van der Waals surface area contributed by atoms with E-state index in [0.29, 0.717) is 13.0 Å². The summed E-state index contributed by atoms with van der Waals surface area (Å²) < 4.78 is 37.4. The second-order valence-corrected chi connectivity index (χ2v) is 5.03. The number of rotatable bonds is 3. The zero-order valence-electron chi connectivity index (χ0n) is 10.9. The highest BCUT2D eigenvalue weighted by Gasteiger charge is 2.36. The molecule has 6 heteroatoms. The van der Waals surface area contributed by atoms with Gasteiger partial charge >= 0.3 is 6.18 Å². The van der Waals surface area contributed by atoms with Crippen molar-refractivity contribution in [3.8, 4) is 0 Å². The lowest BCUT2D eigenvalue weighted by molar-refractivity contribution is -0.166. The topological polar surface area (TPSA) is 32.3 Å². The van der Waals surface area contributed by atoms with Crippen LogP contribution in [0.15, 0.2) is 0 Å². The molecule has 0 aromatic carbocycles. The molecule has 1 amide bonds. The quantitative estimate of drug-likeness (QED) is 0.850. The largest absolute Gasteiger partial charge is 0.406 e. The summed E-state index contributed by atoms with van der Waals surface area (Å²) in [6.07, 6.45) is -0.825. The molecule has 1 aliphatic rings. The zero-order chi connectivity index (χ0) is 13.8. The van der Waals surface area contributed by atoms with Crippen molar-refractivity contribution < 1.29 is 18.0 Å². The summed E-state index contributed by atoms with van der Waals surface area (Å²) in [4.78, 5) is 13.1. The van der Waals surface area contributed by atoms with Crippen LogP contribution >= 0.6 is 0 Å². The lowest BCUT2D eigenvalue weighted by atomic mass is 10.1. The van der Waals surface area contributed by atoms with Crippen LogP contribution < -0.4 is 5.32 Å². The Balaban J connectivity index is 2.69. The van der Waals surface area contributed by atoms with Gasteiger partial charge in [-0.15, -0.1) is 0 Å². The predicted molar refractivity (Wildman–Crippen MR) is 63.2 cm³/mol. The minimum atomic E-state index is -4.34. The van der Waals surface area contributed by atoms with E-state index in [0.717, 1.165) is 24.2 Å². The number of carbonyl (C=O) groups excluding carboxylic acids is 1. The average molecular weight is 266 g/mol. The molecule has 1 fully saturated rings. The molecule has 1 heterocycles. The van der Waals surface area contributed by atoms with Gasteiger partial charge < -0.3 is 10.2 Å². The Labute approximate surface area is 106 Å². The first kappa shape index (κ1) is 15.3. The van der Waals surface area contributed by atoms with Crippen molar-refractivity contribution in [2.24, 2.45) is 0 Å². The van der Waals surface area contributed by atoms with Crippen LogP contribution in [0.3, 0.4) is 0 Å². The number of carbonyl (C=O) groups is 1. The molecule has 1 N–H and O–H groups in total. The van der Waals surface area contributed by atoms with E-state index in [1.54, 1.807) is 13.8 Å². The second kappa shape index (κ2) is 6.41. The van der Waals surface area contributed by atoms with Crippen molar-refractivity contribution >= 4 is 5.91 Å². The minimum absolute atomic E-state index is 0.427. The first-order chi connectivity index (χ1) is 8.31. The van der Waals surface area contributed by atoms with Gasteiger partial charge in [0.15, 0.2) is 0 Å². The molecular weight excluding hydrogens is 245 g/mol. The third kappa shape index (κ3) is 4.84. The van der Waals surface area contributed by atoms with E-state index >= 15 is 0 Å². The fourth-order valence-electron chi connectivity index (χ4n) is 2.15. The summed E-state index contributed by atoms with van der Waals surface area (Å²) in [5.74, 6) is -0.427. The van der Waals surface area contributed by atoms with Crippen molar-refractivity contribution in [3.63, 3.8) is 0 Å². The van der Waals surface area contributed by atoms with E-state index in [1.165, 1.54) is 0 Å². The first-order valence-electron chi connectivity index (χ1n) is 6.42. The van der Waals surface area contributed by atoms with E-state index in [2.05, 4.69) is 5.32 Å². The summed E-state index contributed by atoms with van der Waals surface area (Å²) in [7, 11) is 0. The van der Waals surface area contributed by atoms with Crippen molar-refractivity contribution in [1.29, 1.82) is 0 Å². The van der Waals surface area contributed by atoms with Crippen LogP contribution in [0.4, 0.5) is 13.2 Å². The van der Waals surface area contributed by atoms with Gasteiger partial charge in [-0.2, -0.15) is 13.2 Å². The number of amides is 1. The van der Waals surface area contributed by atoms with Crippen LogP contribution in [-0.2, 0) is 4.79 Å². The molecule has 1 atom stereocenters. The van der Waals surface area contributed by atoms with Gasteiger partial charge in [0, 0.05) is 6.04 Å². The van der Waals surface area contributed by atoms with Gasteiger partial charge in [-0.25, -0.2) is 0 Å². The minimum Gasteiger partial charge on any atom is -0.330 e. The summed E-state index contributed by atoms with van der Waals surface area (Å²) in [5, 5.41) is 3.04. The van der Waals surface area contributed by atoms with Crippen LogP contribution in [0.2, 0.25) is 0 Å². The Hall–Kier alpha value is -0.780. The maximum absolute atomic E-state index is 12.5. The Bertz CT molecular complexity index is 271. The number of hydrogen-bond donors (Lipinski definition) is 1. The molecule has 1 aliphatic heterocycles. The van der Waals surface area contributed by atoms with E-state index in [-0.39, 0.29) is 0 Å². The molecule has 1 saturated heterocycles. The number of nitrogens with zero attached hydrogens (tertiary/aromatic N) is 1. The highest BCUT2D eigenvalue weighted by Crippen LogP contribution is 2.20. The van der Waals surface area contributed by atoms with Crippen LogP contribution in [0, 0.1) is 0 Å². The number of alkyl halides is 3. The van der Waals surface area contributed by atoms with Gasteiger partial charge in [-0.05, 0) is 33.2 Å². The molecule has 106 valence electrons. The monoisotopic (exact) mass is 266 g/mol. The van der Waals surface area contributed by atoms with Crippen molar-refractivity contribution in [2.75, 3.05) is 13.1 Å². The predicted octanol–water partition coefficient (Wildman–Crippen LogP) is 2.32. The number of halogens is 3. The molecule has 18 heavy (non-hydrogen) atoms. The van der Waals surface area contributed by atoms with Crippen molar-refractivity contribution in [1.82, 2.24) is 10.2 Å². The van der Waals surface area contributed by atoms with Crippen LogP contribution in [-0.4, -0.2) is 42.2 Å². The van der Waals surface area contributed by atoms with Crippen molar-refractivity contribution in [3.05, 3.63) is 0 Å². The standard InChI is InChI=1S/C12H21F3N2O/c1-9(2)17(8-12(13,14)15)11(18)10-6-4-3-5-7-16-10/h9-10,16H,3-8H2,1-2H3. The summed E-state index contributed by atoms with van der Waals surface area (Å²) in [6.45, 7) is 2.76. The van der Waals surface area contributed by atoms with E-state index in [4.69, 9.17) is 0 Å². The van der Waals surface area contributed by atoms with Gasteiger partial charge in [0.1, 0.15) is 6.54 Å².